The van der Waals surface area contributed by atoms with Crippen molar-refractivity contribution in [3.05, 3.63) is 25.7 Å². The first-order chi connectivity index (χ1) is 10.1. The van der Waals surface area contributed by atoms with E-state index in [1.807, 2.05) is 12.3 Å². The van der Waals surface area contributed by atoms with Crippen LogP contribution < -0.4 is 11.1 Å². The molecule has 2 aromatic heterocycles. The number of hydrogen-bond acceptors (Lipinski definition) is 7. The van der Waals surface area contributed by atoms with Crippen molar-refractivity contribution in [1.29, 1.82) is 0 Å². The Bertz CT molecular complexity index is 639. The smallest absolute Gasteiger partial charge is 0.350 e. The maximum atomic E-state index is 11.7. The molecule has 2 aromatic rings. The molecule has 0 amide bonds. The van der Waals surface area contributed by atoms with Gasteiger partial charge in [0.1, 0.15) is 9.88 Å². The molecule has 114 valence electrons. The average Bonchev–Trinajstić information content (AvgIpc) is 3.02. The van der Waals surface area contributed by atoms with Crippen LogP contribution in [0.4, 0.5) is 10.7 Å². The predicted octanol–water partition coefficient (Wildman–Crippen LogP) is 4.32. The Balaban J connectivity index is 2.07. The van der Waals surface area contributed by atoms with Gasteiger partial charge in [0.05, 0.1) is 21.5 Å². The van der Waals surface area contributed by atoms with E-state index in [9.17, 15) is 4.79 Å². The molecule has 0 fully saturated rings. The summed E-state index contributed by atoms with van der Waals surface area (Å²) < 4.78 is 5.89. The second-order valence-corrected chi connectivity index (χ2v) is 8.47. The number of methoxy groups -OCH3 is 1. The summed E-state index contributed by atoms with van der Waals surface area (Å²) in [6.45, 7) is 0.793. The lowest BCUT2D eigenvalue weighted by molar-refractivity contribution is 0.0607. The maximum Gasteiger partial charge on any atom is 0.350 e. The minimum absolute atomic E-state index is 0.386. The van der Waals surface area contributed by atoms with Gasteiger partial charge in [-0.15, -0.1) is 34.4 Å². The minimum atomic E-state index is -0.386. The molecule has 0 saturated carbocycles. The highest BCUT2D eigenvalue weighted by Gasteiger charge is 2.20. The number of carbonyl (C=O) groups excluding carboxylic acids is 1. The largest absolute Gasteiger partial charge is 0.465 e. The number of nitrogens with two attached hydrogens (primary N) is 1. The fraction of sp³-hybridized carbons (Fsp3) is 0.308. The van der Waals surface area contributed by atoms with Gasteiger partial charge in [-0.05, 0) is 40.7 Å². The third kappa shape index (κ3) is 3.94. The number of ether oxygens (including phenoxy) is 1. The molecule has 3 N–H and O–H groups in total. The molecule has 8 heteroatoms. The van der Waals surface area contributed by atoms with Crippen LogP contribution in [0.1, 0.15) is 14.5 Å². The summed E-state index contributed by atoms with van der Waals surface area (Å²) in [5, 5.41) is 4.29. The third-order valence-electron chi connectivity index (χ3n) is 2.76. The fourth-order valence-corrected chi connectivity index (χ4v) is 5.24. The summed E-state index contributed by atoms with van der Waals surface area (Å²) in [4.78, 5) is 14.4. The van der Waals surface area contributed by atoms with Crippen molar-refractivity contribution in [2.45, 2.75) is 11.3 Å². The second-order valence-electron chi connectivity index (χ2n) is 4.08. The van der Waals surface area contributed by atoms with Crippen LogP contribution >= 0.6 is 50.4 Å². The number of anilines is 2. The number of halogens is 1. The van der Waals surface area contributed by atoms with E-state index in [1.165, 1.54) is 35.1 Å². The zero-order chi connectivity index (χ0) is 15.4. The van der Waals surface area contributed by atoms with E-state index in [0.29, 0.717) is 10.6 Å². The summed E-state index contributed by atoms with van der Waals surface area (Å²) in [6, 6.07) is 4.15. The van der Waals surface area contributed by atoms with E-state index in [-0.39, 0.29) is 5.97 Å². The number of nitrogen functional groups attached to an aromatic ring is 1. The molecule has 0 radical (unpaired) electrons. The molecule has 0 aliphatic heterocycles. The van der Waals surface area contributed by atoms with Gasteiger partial charge in [0.25, 0.3) is 0 Å². The third-order valence-corrected chi connectivity index (χ3v) is 6.55. The normalized spacial score (nSPS) is 10.6. The highest BCUT2D eigenvalue weighted by atomic mass is 79.9. The molecule has 0 atom stereocenters. The summed E-state index contributed by atoms with van der Waals surface area (Å²) in [5.41, 5.74) is 6.52. The standard InChI is InChI=1S/C13H15BrN2O2S3/c1-18-13(17)11-9(15)10(19-2)12(21-11)16-6-5-7-3-4-8(14)20-7/h3-4,16H,5-6,15H2,1-2H3. The van der Waals surface area contributed by atoms with Crippen LogP contribution in [0.3, 0.4) is 0 Å². The molecule has 2 rings (SSSR count). The van der Waals surface area contributed by atoms with Crippen molar-refractivity contribution in [2.75, 3.05) is 31.0 Å². The number of thioether (sulfide) groups is 1. The summed E-state index contributed by atoms with van der Waals surface area (Å²) >= 11 is 8.06. The zero-order valence-corrected chi connectivity index (χ0v) is 15.6. The lowest BCUT2D eigenvalue weighted by atomic mass is 10.3. The quantitative estimate of drug-likeness (QED) is 0.552. The van der Waals surface area contributed by atoms with Gasteiger partial charge in [-0.2, -0.15) is 0 Å². The Labute approximate surface area is 144 Å². The summed E-state index contributed by atoms with van der Waals surface area (Å²) in [5.74, 6) is -0.386. The summed E-state index contributed by atoms with van der Waals surface area (Å²) in [7, 11) is 1.36. The van der Waals surface area contributed by atoms with Crippen molar-refractivity contribution < 1.29 is 9.53 Å². The Hall–Kier alpha value is -0.700. The van der Waals surface area contributed by atoms with E-state index in [0.717, 1.165) is 26.6 Å². The Kier molecular flexibility index (Phi) is 5.98. The van der Waals surface area contributed by atoms with Gasteiger partial charge >= 0.3 is 5.97 Å². The van der Waals surface area contributed by atoms with Gasteiger partial charge in [-0.3, -0.25) is 0 Å². The van der Waals surface area contributed by atoms with E-state index >= 15 is 0 Å². The van der Waals surface area contributed by atoms with Crippen molar-refractivity contribution in [1.82, 2.24) is 0 Å². The lowest BCUT2D eigenvalue weighted by Gasteiger charge is -2.05. The number of nitrogens with one attached hydrogen (secondary N) is 1. The molecule has 0 aliphatic carbocycles. The van der Waals surface area contributed by atoms with Crippen molar-refractivity contribution in [3.63, 3.8) is 0 Å². The molecule has 2 heterocycles. The van der Waals surface area contributed by atoms with Crippen molar-refractivity contribution in [2.24, 2.45) is 0 Å². The SMILES string of the molecule is COC(=O)c1sc(NCCc2ccc(Br)s2)c(SC)c1N. The van der Waals surface area contributed by atoms with E-state index in [2.05, 4.69) is 27.3 Å². The first-order valence-electron chi connectivity index (χ1n) is 6.09. The van der Waals surface area contributed by atoms with Crippen LogP contribution in [0.15, 0.2) is 20.8 Å². The molecule has 0 unspecified atom stereocenters. The van der Waals surface area contributed by atoms with E-state index < -0.39 is 0 Å². The van der Waals surface area contributed by atoms with Gasteiger partial charge in [-0.1, -0.05) is 0 Å². The maximum absolute atomic E-state index is 11.7. The molecule has 4 nitrogen and oxygen atoms in total. The molecular formula is C13H15BrN2O2S3. The van der Waals surface area contributed by atoms with Crippen LogP contribution in [0.5, 0.6) is 0 Å². The molecule has 0 spiro atoms. The Morgan fingerprint density at radius 2 is 2.24 bits per heavy atom. The first-order valence-corrected chi connectivity index (χ1v) is 9.74. The van der Waals surface area contributed by atoms with Gasteiger partial charge in [0.2, 0.25) is 0 Å². The monoisotopic (exact) mass is 406 g/mol. The van der Waals surface area contributed by atoms with Gasteiger partial charge in [0, 0.05) is 11.4 Å². The second kappa shape index (κ2) is 7.53. The van der Waals surface area contributed by atoms with Crippen LogP contribution in [0.25, 0.3) is 0 Å². The highest BCUT2D eigenvalue weighted by Crippen LogP contribution is 2.41. The molecule has 0 saturated heterocycles. The van der Waals surface area contributed by atoms with Gasteiger partial charge in [0.15, 0.2) is 0 Å². The van der Waals surface area contributed by atoms with Crippen LogP contribution in [-0.4, -0.2) is 25.9 Å². The average molecular weight is 407 g/mol. The first kappa shape index (κ1) is 16.7. The predicted molar refractivity (Wildman–Crippen MR) is 96.1 cm³/mol. The van der Waals surface area contributed by atoms with E-state index in [1.54, 1.807) is 11.3 Å². The number of rotatable bonds is 6. The Morgan fingerprint density at radius 3 is 2.81 bits per heavy atom. The molecule has 0 bridgehead atoms. The molecule has 0 aromatic carbocycles. The van der Waals surface area contributed by atoms with Crippen molar-refractivity contribution >= 4 is 67.0 Å². The fourth-order valence-electron chi connectivity index (χ4n) is 1.78. The van der Waals surface area contributed by atoms with E-state index in [4.69, 9.17) is 10.5 Å². The lowest BCUT2D eigenvalue weighted by Crippen LogP contribution is -2.03. The number of esters is 1. The minimum Gasteiger partial charge on any atom is -0.465 e. The zero-order valence-electron chi connectivity index (χ0n) is 11.6. The molecule has 21 heavy (non-hydrogen) atoms. The topological polar surface area (TPSA) is 64.3 Å². The number of carbonyl (C=O) groups is 1. The Morgan fingerprint density at radius 1 is 1.48 bits per heavy atom. The summed E-state index contributed by atoms with van der Waals surface area (Å²) in [6.07, 6.45) is 2.87. The highest BCUT2D eigenvalue weighted by molar-refractivity contribution is 9.11. The molecular weight excluding hydrogens is 392 g/mol. The van der Waals surface area contributed by atoms with Crippen molar-refractivity contribution in [3.8, 4) is 0 Å². The number of thiophene rings is 2. The number of hydrogen-bond donors (Lipinski definition) is 2. The van der Waals surface area contributed by atoms with Crippen LogP contribution in [0.2, 0.25) is 0 Å². The van der Waals surface area contributed by atoms with Crippen LogP contribution in [0, 0.1) is 0 Å². The van der Waals surface area contributed by atoms with Gasteiger partial charge < -0.3 is 15.8 Å². The molecule has 0 aliphatic rings. The van der Waals surface area contributed by atoms with Crippen LogP contribution in [-0.2, 0) is 11.2 Å². The van der Waals surface area contributed by atoms with Gasteiger partial charge in [-0.25, -0.2) is 4.79 Å².